The van der Waals surface area contributed by atoms with E-state index in [1.807, 2.05) is 48.5 Å². The fourth-order valence-corrected chi connectivity index (χ4v) is 2.22. The first-order valence-corrected chi connectivity index (χ1v) is 7.34. The molecule has 0 aliphatic carbocycles. The Morgan fingerprint density at radius 3 is 2.67 bits per heavy atom. The first-order chi connectivity index (χ1) is 11.7. The lowest BCUT2D eigenvalue weighted by atomic mass is 10.2. The second kappa shape index (κ2) is 6.82. The van der Waals surface area contributed by atoms with Crippen molar-refractivity contribution in [1.29, 1.82) is 0 Å². The molecule has 0 atom stereocenters. The number of fused-ring (bicyclic) bond motifs is 1. The summed E-state index contributed by atoms with van der Waals surface area (Å²) in [6, 6.07) is 14.8. The molecule has 0 fully saturated rings. The van der Waals surface area contributed by atoms with Gasteiger partial charge in [-0.3, -0.25) is 15.6 Å². The van der Waals surface area contributed by atoms with Gasteiger partial charge in [0.25, 0.3) is 5.91 Å². The number of para-hydroxylation sites is 1. The molecule has 7 heteroatoms. The highest BCUT2D eigenvalue weighted by molar-refractivity contribution is 5.80. The summed E-state index contributed by atoms with van der Waals surface area (Å²) in [7, 11) is 1.61. The molecule has 24 heavy (non-hydrogen) atoms. The standard InChI is InChI=1S/C17H17N5O2/c1-12(13-7-9-14(24-2)10-8-13)18-20-17(23)11-22-16-6-4-3-5-15(16)19-21-22/h3-10,18H,1,11H2,2H3,(H,20,23). The van der Waals surface area contributed by atoms with E-state index >= 15 is 0 Å². The van der Waals surface area contributed by atoms with Crippen LogP contribution in [0.2, 0.25) is 0 Å². The number of nitrogens with zero attached hydrogens (tertiary/aromatic N) is 3. The number of ether oxygens (including phenoxy) is 1. The molecule has 3 rings (SSSR count). The van der Waals surface area contributed by atoms with Crippen molar-refractivity contribution >= 4 is 22.6 Å². The summed E-state index contributed by atoms with van der Waals surface area (Å²) in [4.78, 5) is 12.1. The first kappa shape index (κ1) is 15.5. The van der Waals surface area contributed by atoms with Crippen LogP contribution in [0.4, 0.5) is 0 Å². The van der Waals surface area contributed by atoms with Crippen molar-refractivity contribution in [2.24, 2.45) is 0 Å². The fourth-order valence-electron chi connectivity index (χ4n) is 2.22. The largest absolute Gasteiger partial charge is 0.497 e. The number of nitrogens with one attached hydrogen (secondary N) is 2. The Hall–Kier alpha value is -3.35. The lowest BCUT2D eigenvalue weighted by molar-refractivity contribution is -0.122. The molecule has 0 aliphatic heterocycles. The molecular formula is C17H17N5O2. The van der Waals surface area contributed by atoms with Crippen molar-refractivity contribution in [2.45, 2.75) is 6.54 Å². The molecule has 1 aromatic heterocycles. The number of aromatic nitrogens is 3. The Morgan fingerprint density at radius 2 is 1.92 bits per heavy atom. The Morgan fingerprint density at radius 1 is 1.17 bits per heavy atom. The monoisotopic (exact) mass is 323 g/mol. The van der Waals surface area contributed by atoms with Gasteiger partial charge in [0.05, 0.1) is 18.3 Å². The lowest BCUT2D eigenvalue weighted by Gasteiger charge is -2.11. The molecule has 1 amide bonds. The van der Waals surface area contributed by atoms with Gasteiger partial charge in [0.1, 0.15) is 17.8 Å². The zero-order valence-corrected chi connectivity index (χ0v) is 13.2. The summed E-state index contributed by atoms with van der Waals surface area (Å²) in [5.74, 6) is 0.508. The van der Waals surface area contributed by atoms with Crippen LogP contribution in [0.1, 0.15) is 5.56 Å². The SMILES string of the molecule is C=C(NNC(=O)Cn1nnc2ccccc21)c1ccc(OC)cc1. The van der Waals surface area contributed by atoms with Gasteiger partial charge in [-0.1, -0.05) is 23.9 Å². The molecule has 0 radical (unpaired) electrons. The Balaban J connectivity index is 1.57. The molecule has 2 N–H and O–H groups in total. The maximum atomic E-state index is 12.1. The second-order valence-corrected chi connectivity index (χ2v) is 5.12. The number of amides is 1. The second-order valence-electron chi connectivity index (χ2n) is 5.12. The first-order valence-electron chi connectivity index (χ1n) is 7.34. The molecule has 3 aromatic rings. The van der Waals surface area contributed by atoms with E-state index in [0.717, 1.165) is 22.3 Å². The van der Waals surface area contributed by atoms with E-state index in [1.165, 1.54) is 0 Å². The summed E-state index contributed by atoms with van der Waals surface area (Å²) >= 11 is 0. The minimum atomic E-state index is -0.250. The number of carbonyl (C=O) groups is 1. The van der Waals surface area contributed by atoms with Crippen LogP contribution in [0, 0.1) is 0 Å². The molecule has 7 nitrogen and oxygen atoms in total. The Kier molecular flexibility index (Phi) is 4.42. The molecule has 122 valence electrons. The van der Waals surface area contributed by atoms with E-state index < -0.39 is 0 Å². The van der Waals surface area contributed by atoms with E-state index in [9.17, 15) is 4.79 Å². The van der Waals surface area contributed by atoms with Crippen LogP contribution in [0.5, 0.6) is 5.75 Å². The number of benzene rings is 2. The predicted octanol–water partition coefficient (Wildman–Crippen LogP) is 1.73. The van der Waals surface area contributed by atoms with Gasteiger partial charge < -0.3 is 4.74 Å². The third kappa shape index (κ3) is 3.35. The fraction of sp³-hybridized carbons (Fsp3) is 0.118. The van der Waals surface area contributed by atoms with Crippen LogP contribution in [-0.2, 0) is 11.3 Å². The molecule has 0 unspecified atom stereocenters. The van der Waals surface area contributed by atoms with Gasteiger partial charge in [-0.15, -0.1) is 5.10 Å². The zero-order chi connectivity index (χ0) is 16.9. The molecule has 1 heterocycles. The third-order valence-corrected chi connectivity index (χ3v) is 3.50. The van der Waals surface area contributed by atoms with E-state index in [-0.39, 0.29) is 12.5 Å². The molecule has 0 saturated carbocycles. The highest BCUT2D eigenvalue weighted by Gasteiger charge is 2.08. The molecule has 0 spiro atoms. The highest BCUT2D eigenvalue weighted by Crippen LogP contribution is 2.15. The number of carbonyl (C=O) groups excluding carboxylic acids is 1. The number of hydrogen-bond donors (Lipinski definition) is 2. The quantitative estimate of drug-likeness (QED) is 0.675. The Bertz CT molecular complexity index is 870. The summed E-state index contributed by atoms with van der Waals surface area (Å²) in [6.45, 7) is 3.96. The summed E-state index contributed by atoms with van der Waals surface area (Å²) in [6.07, 6.45) is 0. The highest BCUT2D eigenvalue weighted by atomic mass is 16.5. The topological polar surface area (TPSA) is 81.1 Å². The minimum absolute atomic E-state index is 0.0589. The lowest BCUT2D eigenvalue weighted by Crippen LogP contribution is -2.38. The van der Waals surface area contributed by atoms with Crippen LogP contribution in [0.3, 0.4) is 0 Å². The van der Waals surface area contributed by atoms with Crippen LogP contribution in [-0.4, -0.2) is 28.0 Å². The summed E-state index contributed by atoms with van der Waals surface area (Å²) < 4.78 is 6.65. The summed E-state index contributed by atoms with van der Waals surface area (Å²) in [5, 5.41) is 8.00. The Labute approximate surface area is 138 Å². The normalized spacial score (nSPS) is 10.4. The van der Waals surface area contributed by atoms with E-state index in [2.05, 4.69) is 27.7 Å². The van der Waals surface area contributed by atoms with Crippen LogP contribution >= 0.6 is 0 Å². The third-order valence-electron chi connectivity index (χ3n) is 3.50. The molecule has 0 bridgehead atoms. The van der Waals surface area contributed by atoms with Crippen molar-refractivity contribution in [3.05, 3.63) is 60.7 Å². The molecule has 0 aliphatic rings. The van der Waals surface area contributed by atoms with E-state index in [0.29, 0.717) is 5.70 Å². The van der Waals surface area contributed by atoms with Gasteiger partial charge in [-0.2, -0.15) is 0 Å². The predicted molar refractivity (Wildman–Crippen MR) is 90.8 cm³/mol. The van der Waals surface area contributed by atoms with Gasteiger partial charge >= 0.3 is 0 Å². The van der Waals surface area contributed by atoms with Crippen LogP contribution < -0.4 is 15.6 Å². The van der Waals surface area contributed by atoms with Crippen molar-refractivity contribution in [3.8, 4) is 5.75 Å². The smallest absolute Gasteiger partial charge is 0.260 e. The number of rotatable bonds is 6. The van der Waals surface area contributed by atoms with Gasteiger partial charge in [0.2, 0.25) is 0 Å². The van der Waals surface area contributed by atoms with Gasteiger partial charge in [-0.25, -0.2) is 4.68 Å². The maximum Gasteiger partial charge on any atom is 0.260 e. The number of methoxy groups -OCH3 is 1. The minimum Gasteiger partial charge on any atom is -0.497 e. The summed E-state index contributed by atoms with van der Waals surface area (Å²) in [5.41, 5.74) is 8.39. The van der Waals surface area contributed by atoms with Crippen molar-refractivity contribution in [3.63, 3.8) is 0 Å². The van der Waals surface area contributed by atoms with Crippen LogP contribution in [0.25, 0.3) is 16.7 Å². The van der Waals surface area contributed by atoms with Gasteiger partial charge in [0, 0.05) is 0 Å². The maximum absolute atomic E-state index is 12.1. The van der Waals surface area contributed by atoms with Crippen molar-refractivity contribution < 1.29 is 9.53 Å². The average Bonchev–Trinajstić information content (AvgIpc) is 3.03. The van der Waals surface area contributed by atoms with Crippen LogP contribution in [0.15, 0.2) is 55.1 Å². The van der Waals surface area contributed by atoms with E-state index in [4.69, 9.17) is 4.74 Å². The molecule has 0 saturated heterocycles. The van der Waals surface area contributed by atoms with E-state index in [1.54, 1.807) is 11.8 Å². The number of hydrogen-bond acceptors (Lipinski definition) is 5. The molecule has 2 aromatic carbocycles. The van der Waals surface area contributed by atoms with Crippen molar-refractivity contribution in [1.82, 2.24) is 25.8 Å². The number of hydrazine groups is 1. The van der Waals surface area contributed by atoms with Gasteiger partial charge in [0.15, 0.2) is 0 Å². The average molecular weight is 323 g/mol. The van der Waals surface area contributed by atoms with Crippen molar-refractivity contribution in [2.75, 3.05) is 7.11 Å². The molecular weight excluding hydrogens is 306 g/mol. The zero-order valence-electron chi connectivity index (χ0n) is 13.2. The van der Waals surface area contributed by atoms with Gasteiger partial charge in [-0.05, 0) is 42.0 Å².